The summed E-state index contributed by atoms with van der Waals surface area (Å²) in [4.78, 5) is 20.0. The fourth-order valence-corrected chi connectivity index (χ4v) is 3.35. The number of carbonyl (C=O) groups is 1. The lowest BCUT2D eigenvalue weighted by Crippen LogP contribution is -2.54. The lowest BCUT2D eigenvalue weighted by Gasteiger charge is -2.39. The average Bonchev–Trinajstić information content (AvgIpc) is 2.52. The molecule has 2 amide bonds. The number of nitrogens with zero attached hydrogens (tertiary/aromatic N) is 2. The molecule has 2 rings (SSSR count). The fourth-order valence-electron chi connectivity index (χ4n) is 2.88. The van der Waals surface area contributed by atoms with Crippen molar-refractivity contribution in [2.45, 2.75) is 38.4 Å². The molecule has 128 valence electrons. The number of carbonyl (C=O) groups excluding carboxylic acids is 1. The highest BCUT2D eigenvalue weighted by Gasteiger charge is 2.30. The number of rotatable bonds is 4. The van der Waals surface area contributed by atoms with Crippen LogP contribution < -0.4 is 5.32 Å². The maximum absolute atomic E-state index is 12.6. The van der Waals surface area contributed by atoms with Crippen molar-refractivity contribution in [3.63, 3.8) is 0 Å². The van der Waals surface area contributed by atoms with Gasteiger partial charge in [-0.2, -0.15) is 5.06 Å². The molecule has 2 atom stereocenters. The number of amides is 2. The van der Waals surface area contributed by atoms with E-state index in [1.807, 2.05) is 26.1 Å². The monoisotopic (exact) mass is 359 g/mol. The van der Waals surface area contributed by atoms with Gasteiger partial charge in [0, 0.05) is 0 Å². The molecule has 0 aliphatic carbocycles. The van der Waals surface area contributed by atoms with E-state index in [2.05, 4.69) is 10.2 Å². The summed E-state index contributed by atoms with van der Waals surface area (Å²) in [5.74, 6) is 0. The van der Waals surface area contributed by atoms with Gasteiger partial charge in [0.1, 0.15) is 6.17 Å². The summed E-state index contributed by atoms with van der Waals surface area (Å²) in [6.07, 6.45) is 3.05. The number of likely N-dealkylation sites (tertiary alicyclic amines) is 1. The van der Waals surface area contributed by atoms with E-state index in [1.54, 1.807) is 6.07 Å². The molecule has 1 aromatic rings. The number of urea groups is 1. The van der Waals surface area contributed by atoms with Crippen LogP contribution in [0.2, 0.25) is 10.0 Å². The SMILES string of the molecule is CON(C(=O)NC(C)c1cccc(Cl)c1Cl)[C@@H]1CCCCN1C. The molecule has 0 saturated carbocycles. The summed E-state index contributed by atoms with van der Waals surface area (Å²) in [5, 5.41) is 5.25. The molecule has 0 bridgehead atoms. The molecular weight excluding hydrogens is 337 g/mol. The maximum Gasteiger partial charge on any atom is 0.343 e. The van der Waals surface area contributed by atoms with Gasteiger partial charge in [-0.15, -0.1) is 0 Å². The van der Waals surface area contributed by atoms with E-state index in [-0.39, 0.29) is 18.2 Å². The molecule has 1 N–H and O–H groups in total. The van der Waals surface area contributed by atoms with Crippen LogP contribution >= 0.6 is 23.2 Å². The summed E-state index contributed by atoms with van der Waals surface area (Å²) < 4.78 is 0. The van der Waals surface area contributed by atoms with Crippen molar-refractivity contribution in [2.24, 2.45) is 0 Å². The second-order valence-corrected chi connectivity index (χ2v) is 6.56. The van der Waals surface area contributed by atoms with Crippen molar-refractivity contribution in [2.75, 3.05) is 20.7 Å². The number of nitrogens with one attached hydrogen (secondary N) is 1. The second-order valence-electron chi connectivity index (χ2n) is 5.78. The molecule has 1 aromatic carbocycles. The van der Waals surface area contributed by atoms with Crippen LogP contribution in [0.3, 0.4) is 0 Å². The third-order valence-corrected chi connectivity index (χ3v) is 5.02. The van der Waals surface area contributed by atoms with E-state index in [4.69, 9.17) is 28.0 Å². The lowest BCUT2D eigenvalue weighted by atomic mass is 10.1. The van der Waals surface area contributed by atoms with Crippen molar-refractivity contribution in [3.8, 4) is 0 Å². The molecule has 1 heterocycles. The topological polar surface area (TPSA) is 44.8 Å². The van der Waals surface area contributed by atoms with Crippen molar-refractivity contribution >= 4 is 29.2 Å². The molecule has 1 unspecified atom stereocenters. The van der Waals surface area contributed by atoms with Gasteiger partial charge in [0.05, 0.1) is 23.2 Å². The van der Waals surface area contributed by atoms with Gasteiger partial charge in [0.15, 0.2) is 0 Å². The van der Waals surface area contributed by atoms with Gasteiger partial charge in [-0.1, -0.05) is 35.3 Å². The van der Waals surface area contributed by atoms with Gasteiger partial charge in [-0.3, -0.25) is 9.74 Å². The summed E-state index contributed by atoms with van der Waals surface area (Å²) in [7, 11) is 3.51. The Morgan fingerprint density at radius 3 is 2.83 bits per heavy atom. The quantitative estimate of drug-likeness (QED) is 0.824. The van der Waals surface area contributed by atoms with Crippen LogP contribution in [-0.4, -0.2) is 42.9 Å². The summed E-state index contributed by atoms with van der Waals surface area (Å²) >= 11 is 12.3. The van der Waals surface area contributed by atoms with Gasteiger partial charge < -0.3 is 5.32 Å². The zero-order valence-corrected chi connectivity index (χ0v) is 15.2. The van der Waals surface area contributed by atoms with E-state index in [0.29, 0.717) is 10.0 Å². The molecule has 0 aromatic heterocycles. The van der Waals surface area contributed by atoms with Gasteiger partial charge >= 0.3 is 6.03 Å². The number of hydrogen-bond donors (Lipinski definition) is 1. The molecule has 1 fully saturated rings. The highest BCUT2D eigenvalue weighted by atomic mass is 35.5. The predicted molar refractivity (Wildman–Crippen MR) is 92.5 cm³/mol. The second kappa shape index (κ2) is 8.20. The maximum atomic E-state index is 12.6. The molecule has 0 spiro atoms. The molecule has 0 radical (unpaired) electrons. The van der Waals surface area contributed by atoms with Gasteiger partial charge in [0.2, 0.25) is 0 Å². The first-order valence-electron chi connectivity index (χ1n) is 7.73. The number of benzene rings is 1. The van der Waals surface area contributed by atoms with Crippen molar-refractivity contribution in [1.82, 2.24) is 15.3 Å². The Hall–Kier alpha value is -1.01. The molecule has 1 saturated heterocycles. The van der Waals surface area contributed by atoms with E-state index in [0.717, 1.165) is 31.4 Å². The van der Waals surface area contributed by atoms with Gasteiger partial charge in [-0.25, -0.2) is 4.79 Å². The number of piperidine rings is 1. The predicted octanol–water partition coefficient (Wildman–Crippen LogP) is 4.07. The van der Waals surface area contributed by atoms with Crippen molar-refractivity contribution < 1.29 is 9.63 Å². The Morgan fingerprint density at radius 1 is 1.43 bits per heavy atom. The van der Waals surface area contributed by atoms with E-state index >= 15 is 0 Å². The minimum atomic E-state index is -0.283. The molecular formula is C16H23Cl2N3O2. The van der Waals surface area contributed by atoms with Crippen LogP contribution in [-0.2, 0) is 4.84 Å². The minimum Gasteiger partial charge on any atom is -0.330 e. The number of hydroxylamine groups is 2. The Morgan fingerprint density at radius 2 is 2.17 bits per heavy atom. The lowest BCUT2D eigenvalue weighted by molar-refractivity contribution is -0.161. The zero-order chi connectivity index (χ0) is 17.0. The first-order valence-corrected chi connectivity index (χ1v) is 8.49. The third kappa shape index (κ3) is 4.29. The summed E-state index contributed by atoms with van der Waals surface area (Å²) in [6, 6.07) is 4.83. The summed E-state index contributed by atoms with van der Waals surface area (Å²) in [5.41, 5.74) is 0.778. The fraction of sp³-hybridized carbons (Fsp3) is 0.562. The van der Waals surface area contributed by atoms with Crippen LogP contribution in [0.4, 0.5) is 4.79 Å². The van der Waals surface area contributed by atoms with Crippen LogP contribution in [0.15, 0.2) is 18.2 Å². The Kier molecular flexibility index (Phi) is 6.53. The van der Waals surface area contributed by atoms with Crippen LogP contribution in [0.5, 0.6) is 0 Å². The zero-order valence-electron chi connectivity index (χ0n) is 13.7. The molecule has 1 aliphatic rings. The summed E-state index contributed by atoms with van der Waals surface area (Å²) in [6.45, 7) is 2.82. The number of halogens is 2. The Labute approximate surface area is 147 Å². The van der Waals surface area contributed by atoms with E-state index in [1.165, 1.54) is 12.2 Å². The van der Waals surface area contributed by atoms with Gasteiger partial charge in [-0.05, 0) is 51.4 Å². The van der Waals surface area contributed by atoms with E-state index < -0.39 is 0 Å². The highest BCUT2D eigenvalue weighted by Crippen LogP contribution is 2.30. The van der Waals surface area contributed by atoms with Gasteiger partial charge in [0.25, 0.3) is 0 Å². The normalized spacial score (nSPS) is 20.1. The molecule has 23 heavy (non-hydrogen) atoms. The van der Waals surface area contributed by atoms with E-state index in [9.17, 15) is 4.79 Å². The minimum absolute atomic E-state index is 0.0595. The van der Waals surface area contributed by atoms with Crippen LogP contribution in [0.1, 0.15) is 37.8 Å². The molecule has 7 heteroatoms. The first-order chi connectivity index (χ1) is 11.0. The third-order valence-electron chi connectivity index (χ3n) is 4.19. The highest BCUT2D eigenvalue weighted by molar-refractivity contribution is 6.42. The standard InChI is InChI=1S/C16H23Cl2N3O2/c1-11(12-7-6-8-13(17)15(12)18)19-16(22)21(23-3)14-9-4-5-10-20(14)2/h6-8,11,14H,4-5,9-10H2,1-3H3,(H,19,22)/t11?,14-/m1/s1. The molecule has 5 nitrogen and oxygen atoms in total. The van der Waals surface area contributed by atoms with Crippen LogP contribution in [0, 0.1) is 0 Å². The average molecular weight is 360 g/mol. The number of hydrogen-bond acceptors (Lipinski definition) is 3. The van der Waals surface area contributed by atoms with Crippen molar-refractivity contribution in [1.29, 1.82) is 0 Å². The Bertz CT molecular complexity index is 556. The smallest absolute Gasteiger partial charge is 0.330 e. The van der Waals surface area contributed by atoms with Crippen LogP contribution in [0.25, 0.3) is 0 Å². The molecule has 1 aliphatic heterocycles. The Balaban J connectivity index is 2.08. The largest absolute Gasteiger partial charge is 0.343 e. The van der Waals surface area contributed by atoms with Crippen molar-refractivity contribution in [3.05, 3.63) is 33.8 Å². The first kappa shape index (κ1) is 18.3.